The number of aromatic nitrogens is 3. The lowest BCUT2D eigenvalue weighted by molar-refractivity contribution is 0.201. The molecule has 6 nitrogen and oxygen atoms in total. The van der Waals surface area contributed by atoms with Crippen LogP contribution in [-0.2, 0) is 6.54 Å². The molecule has 4 rings (SSSR count). The van der Waals surface area contributed by atoms with Gasteiger partial charge in [0.2, 0.25) is 0 Å². The number of aromatic amines is 1. The third kappa shape index (κ3) is 3.01. The Labute approximate surface area is 140 Å². The molecule has 0 aliphatic carbocycles. The second kappa shape index (κ2) is 6.65. The Bertz CT molecular complexity index is 849. The molecule has 0 unspecified atom stereocenters. The van der Waals surface area contributed by atoms with Crippen LogP contribution in [0.15, 0.2) is 45.7 Å². The topological polar surface area (TPSA) is 67.1 Å². The van der Waals surface area contributed by atoms with Gasteiger partial charge in [0.15, 0.2) is 5.58 Å². The van der Waals surface area contributed by atoms with Crippen LogP contribution < -0.4 is 5.76 Å². The summed E-state index contributed by atoms with van der Waals surface area (Å²) in [6.07, 6.45) is 5.19. The maximum atomic E-state index is 12.0. The zero-order valence-corrected chi connectivity index (χ0v) is 13.6. The molecule has 0 bridgehead atoms. The highest BCUT2D eigenvalue weighted by Gasteiger charge is 2.22. The summed E-state index contributed by atoms with van der Waals surface area (Å²) in [4.78, 5) is 14.5. The van der Waals surface area contributed by atoms with E-state index in [2.05, 4.69) is 21.2 Å². The Balaban J connectivity index is 1.37. The van der Waals surface area contributed by atoms with E-state index < -0.39 is 0 Å². The van der Waals surface area contributed by atoms with Crippen LogP contribution in [0, 0.1) is 0 Å². The number of oxazole rings is 1. The number of nitrogens with one attached hydrogen (secondary N) is 1. The molecule has 1 aliphatic rings. The van der Waals surface area contributed by atoms with Crippen LogP contribution in [0.2, 0.25) is 0 Å². The molecule has 6 heteroatoms. The standard InChI is InChI=1S/C18H22N4O2/c23-18-22(16-6-1-2-7-17(16)24-18)12-4-11-21-10-3-5-14(13-21)15-8-9-19-20-15/h1-2,6-9,14H,3-5,10-13H2,(H,19,20)/t14-/m0/s1. The molecule has 0 spiro atoms. The number of nitrogens with zero attached hydrogens (tertiary/aromatic N) is 3. The van der Waals surface area contributed by atoms with Crippen molar-refractivity contribution < 1.29 is 4.42 Å². The summed E-state index contributed by atoms with van der Waals surface area (Å²) in [5, 5.41) is 7.16. The molecule has 24 heavy (non-hydrogen) atoms. The van der Waals surface area contributed by atoms with E-state index in [0.29, 0.717) is 18.0 Å². The predicted molar refractivity (Wildman–Crippen MR) is 92.1 cm³/mol. The summed E-state index contributed by atoms with van der Waals surface area (Å²) in [6.45, 7) is 3.88. The first-order valence-corrected chi connectivity index (χ1v) is 8.61. The highest BCUT2D eigenvalue weighted by Crippen LogP contribution is 2.25. The maximum Gasteiger partial charge on any atom is 0.419 e. The summed E-state index contributed by atoms with van der Waals surface area (Å²) in [5.41, 5.74) is 2.79. The van der Waals surface area contributed by atoms with Crippen LogP contribution in [0.1, 0.15) is 30.9 Å². The molecule has 1 N–H and O–H groups in total. The Morgan fingerprint density at radius 3 is 3.04 bits per heavy atom. The molecular weight excluding hydrogens is 304 g/mol. The molecule has 1 aromatic carbocycles. The molecule has 1 aliphatic heterocycles. The Kier molecular flexibility index (Phi) is 4.21. The van der Waals surface area contributed by atoms with E-state index in [0.717, 1.165) is 31.6 Å². The normalized spacial score (nSPS) is 19.1. The summed E-state index contributed by atoms with van der Waals surface area (Å²) in [7, 11) is 0. The number of rotatable bonds is 5. The van der Waals surface area contributed by atoms with Crippen LogP contribution >= 0.6 is 0 Å². The van der Waals surface area contributed by atoms with Crippen LogP contribution in [0.3, 0.4) is 0 Å². The summed E-state index contributed by atoms with van der Waals surface area (Å²) in [6, 6.07) is 9.68. The Morgan fingerprint density at radius 1 is 1.25 bits per heavy atom. The van der Waals surface area contributed by atoms with Gasteiger partial charge in [-0.25, -0.2) is 4.79 Å². The van der Waals surface area contributed by atoms with Gasteiger partial charge in [-0.15, -0.1) is 0 Å². The van der Waals surface area contributed by atoms with Gasteiger partial charge in [-0.05, 0) is 50.6 Å². The number of piperidine rings is 1. The number of H-pyrrole nitrogens is 1. The number of benzene rings is 1. The highest BCUT2D eigenvalue weighted by atomic mass is 16.4. The second-order valence-electron chi connectivity index (χ2n) is 6.49. The summed E-state index contributed by atoms with van der Waals surface area (Å²) >= 11 is 0. The van der Waals surface area contributed by atoms with Gasteiger partial charge in [0, 0.05) is 30.9 Å². The lowest BCUT2D eigenvalue weighted by atomic mass is 9.95. The molecule has 0 saturated carbocycles. The molecule has 0 radical (unpaired) electrons. The molecule has 0 amide bonds. The number of hydrogen-bond acceptors (Lipinski definition) is 4. The van der Waals surface area contributed by atoms with Crippen molar-refractivity contribution in [3.05, 3.63) is 52.8 Å². The van der Waals surface area contributed by atoms with Crippen molar-refractivity contribution in [3.63, 3.8) is 0 Å². The zero-order valence-electron chi connectivity index (χ0n) is 13.6. The number of fused-ring (bicyclic) bond motifs is 1. The monoisotopic (exact) mass is 326 g/mol. The van der Waals surface area contributed by atoms with Gasteiger partial charge >= 0.3 is 5.76 Å². The fourth-order valence-electron chi connectivity index (χ4n) is 3.68. The van der Waals surface area contributed by atoms with Crippen LogP contribution in [0.4, 0.5) is 0 Å². The minimum Gasteiger partial charge on any atom is -0.408 e. The minimum absolute atomic E-state index is 0.259. The van der Waals surface area contributed by atoms with Crippen molar-refractivity contribution in [1.82, 2.24) is 19.7 Å². The molecule has 2 aromatic heterocycles. The number of likely N-dealkylation sites (tertiary alicyclic amines) is 1. The van der Waals surface area contributed by atoms with Gasteiger partial charge in [0.1, 0.15) is 0 Å². The first-order chi connectivity index (χ1) is 11.8. The van der Waals surface area contributed by atoms with Crippen LogP contribution in [0.5, 0.6) is 0 Å². The maximum absolute atomic E-state index is 12.0. The van der Waals surface area contributed by atoms with Crippen molar-refractivity contribution in [2.75, 3.05) is 19.6 Å². The van der Waals surface area contributed by atoms with Crippen LogP contribution in [-0.4, -0.2) is 39.3 Å². The summed E-state index contributed by atoms with van der Waals surface area (Å²) < 4.78 is 7.03. The lowest BCUT2D eigenvalue weighted by Crippen LogP contribution is -2.35. The predicted octanol–water partition coefficient (Wildman–Crippen LogP) is 2.59. The van der Waals surface area contributed by atoms with Gasteiger partial charge in [-0.2, -0.15) is 5.10 Å². The SMILES string of the molecule is O=c1oc2ccccc2n1CCCN1CCC[C@H](c2ccn[nH]2)C1. The van der Waals surface area contributed by atoms with E-state index >= 15 is 0 Å². The van der Waals surface area contributed by atoms with Crippen molar-refractivity contribution in [2.45, 2.75) is 31.7 Å². The van der Waals surface area contributed by atoms with Gasteiger partial charge in [0.25, 0.3) is 0 Å². The smallest absolute Gasteiger partial charge is 0.408 e. The first-order valence-electron chi connectivity index (χ1n) is 8.61. The fraction of sp³-hybridized carbons (Fsp3) is 0.444. The number of aryl methyl sites for hydroxylation is 1. The largest absolute Gasteiger partial charge is 0.419 e. The molecule has 3 aromatic rings. The van der Waals surface area contributed by atoms with E-state index in [1.165, 1.54) is 18.5 Å². The molecule has 1 atom stereocenters. The Hall–Kier alpha value is -2.34. The van der Waals surface area contributed by atoms with E-state index in [1.807, 2.05) is 30.5 Å². The van der Waals surface area contributed by atoms with Gasteiger partial charge < -0.3 is 9.32 Å². The lowest BCUT2D eigenvalue weighted by Gasteiger charge is -2.32. The fourth-order valence-corrected chi connectivity index (χ4v) is 3.68. The zero-order chi connectivity index (χ0) is 16.4. The van der Waals surface area contributed by atoms with E-state index in [4.69, 9.17) is 4.42 Å². The van der Waals surface area contributed by atoms with Gasteiger partial charge in [-0.3, -0.25) is 9.67 Å². The van der Waals surface area contributed by atoms with Crippen molar-refractivity contribution in [2.24, 2.45) is 0 Å². The average Bonchev–Trinajstić information content (AvgIpc) is 3.24. The third-order valence-corrected chi connectivity index (χ3v) is 4.90. The van der Waals surface area contributed by atoms with Crippen molar-refractivity contribution in [3.8, 4) is 0 Å². The summed E-state index contributed by atoms with van der Waals surface area (Å²) in [5.74, 6) is 0.281. The molecule has 1 saturated heterocycles. The second-order valence-corrected chi connectivity index (χ2v) is 6.49. The van der Waals surface area contributed by atoms with E-state index in [1.54, 1.807) is 4.57 Å². The average molecular weight is 326 g/mol. The molecule has 126 valence electrons. The Morgan fingerprint density at radius 2 is 2.17 bits per heavy atom. The van der Waals surface area contributed by atoms with E-state index in [9.17, 15) is 4.79 Å². The van der Waals surface area contributed by atoms with Crippen molar-refractivity contribution in [1.29, 1.82) is 0 Å². The van der Waals surface area contributed by atoms with Crippen molar-refractivity contribution >= 4 is 11.1 Å². The molecule has 3 heterocycles. The quantitative estimate of drug-likeness (QED) is 0.782. The number of para-hydroxylation sites is 2. The van der Waals surface area contributed by atoms with Gasteiger partial charge in [-0.1, -0.05) is 12.1 Å². The molecule has 1 fully saturated rings. The molecular formula is C18H22N4O2. The van der Waals surface area contributed by atoms with Gasteiger partial charge in [0.05, 0.1) is 5.52 Å². The minimum atomic E-state index is -0.259. The first kappa shape index (κ1) is 15.2. The van der Waals surface area contributed by atoms with Crippen LogP contribution in [0.25, 0.3) is 11.1 Å². The third-order valence-electron chi connectivity index (χ3n) is 4.90. The van der Waals surface area contributed by atoms with E-state index in [-0.39, 0.29) is 5.76 Å². The number of hydrogen-bond donors (Lipinski definition) is 1. The highest BCUT2D eigenvalue weighted by molar-refractivity contribution is 5.72.